The Morgan fingerprint density at radius 1 is 0.667 bits per heavy atom. The molecule has 0 heterocycles. The second-order valence-electron chi connectivity index (χ2n) is 8.73. The number of rotatable bonds is 8. The van der Waals surface area contributed by atoms with Crippen LogP contribution in [0.2, 0.25) is 0 Å². The Morgan fingerprint density at radius 3 is 1.78 bits per heavy atom. The quantitative estimate of drug-likeness (QED) is 0.284. The van der Waals surface area contributed by atoms with Gasteiger partial charge in [0.05, 0.1) is 19.8 Å². The first-order valence-electron chi connectivity index (χ1n) is 12.1. The summed E-state index contributed by atoms with van der Waals surface area (Å²) in [5, 5.41) is 3.79. The Hall–Kier alpha value is -4.44. The van der Waals surface area contributed by atoms with E-state index < -0.39 is 0 Å². The first-order chi connectivity index (χ1) is 17.7. The summed E-state index contributed by atoms with van der Waals surface area (Å²) in [6.45, 7) is 0. The van der Waals surface area contributed by atoms with E-state index >= 15 is 0 Å². The van der Waals surface area contributed by atoms with Gasteiger partial charge in [-0.2, -0.15) is 0 Å². The van der Waals surface area contributed by atoms with Crippen LogP contribution in [-0.2, 0) is 5.54 Å². The molecule has 0 aliphatic heterocycles. The average Bonchev–Trinajstić information content (AvgIpc) is 2.96. The predicted octanol–water partition coefficient (Wildman–Crippen LogP) is 7.69. The van der Waals surface area contributed by atoms with Gasteiger partial charge < -0.3 is 19.7 Å². The number of hydrogen-bond acceptors (Lipinski definition) is 4. The number of benzene rings is 4. The molecule has 1 unspecified atom stereocenters. The molecule has 4 heteroatoms. The smallest absolute Gasteiger partial charge is 0.119 e. The highest BCUT2D eigenvalue weighted by Gasteiger charge is 2.32. The van der Waals surface area contributed by atoms with Crippen LogP contribution in [0.4, 0.5) is 17.1 Å². The van der Waals surface area contributed by atoms with Crippen molar-refractivity contribution in [2.75, 3.05) is 24.4 Å². The van der Waals surface area contributed by atoms with Crippen LogP contribution >= 0.6 is 0 Å². The number of anilines is 3. The van der Waals surface area contributed by atoms with E-state index in [1.54, 1.807) is 14.2 Å². The molecule has 0 bridgehead atoms. The molecule has 4 aromatic carbocycles. The summed E-state index contributed by atoms with van der Waals surface area (Å²) in [6, 6.07) is 37.3. The molecule has 1 aliphatic carbocycles. The molecular formula is C32H30N2O2. The molecule has 0 saturated heterocycles. The van der Waals surface area contributed by atoms with Crippen molar-refractivity contribution in [3.63, 3.8) is 0 Å². The summed E-state index contributed by atoms with van der Waals surface area (Å²) in [6.07, 6.45) is 7.56. The van der Waals surface area contributed by atoms with Gasteiger partial charge >= 0.3 is 0 Å². The first kappa shape index (κ1) is 23.3. The molecule has 1 atom stereocenters. The molecule has 180 valence electrons. The average molecular weight is 475 g/mol. The van der Waals surface area contributed by atoms with Gasteiger partial charge in [-0.3, -0.25) is 0 Å². The molecule has 36 heavy (non-hydrogen) atoms. The van der Waals surface area contributed by atoms with Crippen molar-refractivity contribution >= 4 is 17.1 Å². The van der Waals surface area contributed by atoms with E-state index in [-0.39, 0.29) is 5.54 Å². The van der Waals surface area contributed by atoms with Gasteiger partial charge in [0.2, 0.25) is 0 Å². The third-order valence-electron chi connectivity index (χ3n) is 6.52. The molecule has 0 saturated carbocycles. The van der Waals surface area contributed by atoms with Gasteiger partial charge in [-0.1, -0.05) is 60.7 Å². The Bertz CT molecular complexity index is 1330. The number of nitrogens with one attached hydrogen (secondary N) is 1. The van der Waals surface area contributed by atoms with Crippen molar-refractivity contribution in [3.05, 3.63) is 139 Å². The zero-order valence-electron chi connectivity index (χ0n) is 20.6. The number of ether oxygens (including phenoxy) is 2. The van der Waals surface area contributed by atoms with Gasteiger partial charge in [0, 0.05) is 22.8 Å². The minimum absolute atomic E-state index is 0.389. The van der Waals surface area contributed by atoms with E-state index in [4.69, 9.17) is 9.47 Å². The lowest BCUT2D eigenvalue weighted by Crippen LogP contribution is -2.35. The van der Waals surface area contributed by atoms with Crippen LogP contribution in [0.25, 0.3) is 0 Å². The number of allylic oxidation sites excluding steroid dienone is 1. The number of para-hydroxylation sites is 2. The summed E-state index contributed by atoms with van der Waals surface area (Å²) in [4.78, 5) is 2.27. The van der Waals surface area contributed by atoms with E-state index in [1.165, 1.54) is 5.56 Å². The fourth-order valence-electron chi connectivity index (χ4n) is 4.60. The Labute approximate surface area is 213 Å². The van der Waals surface area contributed by atoms with E-state index in [2.05, 4.69) is 101 Å². The molecule has 0 spiro atoms. The zero-order chi connectivity index (χ0) is 24.8. The fraction of sp³-hybridized carbons (Fsp3) is 0.125. The fourth-order valence-corrected chi connectivity index (χ4v) is 4.60. The molecule has 4 aromatic rings. The lowest BCUT2D eigenvalue weighted by atomic mass is 9.82. The second kappa shape index (κ2) is 10.4. The third-order valence-corrected chi connectivity index (χ3v) is 6.52. The van der Waals surface area contributed by atoms with Crippen LogP contribution < -0.4 is 19.7 Å². The molecule has 5 rings (SSSR count). The van der Waals surface area contributed by atoms with Crippen molar-refractivity contribution < 1.29 is 9.47 Å². The van der Waals surface area contributed by atoms with E-state index in [0.717, 1.165) is 40.7 Å². The number of nitrogens with zero attached hydrogens (tertiary/aromatic N) is 1. The highest BCUT2D eigenvalue weighted by Crippen LogP contribution is 2.39. The van der Waals surface area contributed by atoms with Crippen LogP contribution in [0.3, 0.4) is 0 Å². The maximum atomic E-state index is 5.40. The summed E-state index contributed by atoms with van der Waals surface area (Å²) >= 11 is 0. The number of hydrogen-bond donors (Lipinski definition) is 1. The van der Waals surface area contributed by atoms with Crippen LogP contribution in [-0.4, -0.2) is 14.2 Å². The summed E-state index contributed by atoms with van der Waals surface area (Å²) in [5.41, 5.74) is 5.15. The van der Waals surface area contributed by atoms with Crippen molar-refractivity contribution in [2.24, 2.45) is 0 Å². The Morgan fingerprint density at radius 2 is 1.22 bits per heavy atom. The molecule has 4 nitrogen and oxygen atoms in total. The largest absolute Gasteiger partial charge is 0.497 e. The molecule has 1 N–H and O–H groups in total. The first-order valence-corrected chi connectivity index (χ1v) is 12.1. The molecule has 0 amide bonds. The lowest BCUT2D eigenvalue weighted by molar-refractivity contribution is 0.414. The standard InChI is InChI=1S/C32H30N2O2/c1-35-30-17-13-25(14-18-30)32(33-26-9-5-3-6-10-26)23-21-29(22-24-32)34(27-11-7-4-8-12-27)28-15-19-31(36-2)20-16-28/h3-23,33H,24H2,1-2H3. The van der Waals surface area contributed by atoms with E-state index in [9.17, 15) is 0 Å². The molecular weight excluding hydrogens is 444 g/mol. The van der Waals surface area contributed by atoms with Gasteiger partial charge in [0.15, 0.2) is 0 Å². The van der Waals surface area contributed by atoms with E-state index in [1.807, 2.05) is 36.4 Å². The maximum Gasteiger partial charge on any atom is 0.119 e. The van der Waals surface area contributed by atoms with Crippen LogP contribution in [0.1, 0.15) is 12.0 Å². The monoisotopic (exact) mass is 474 g/mol. The molecule has 1 aliphatic rings. The number of methoxy groups -OCH3 is 2. The van der Waals surface area contributed by atoms with Gasteiger partial charge in [-0.25, -0.2) is 0 Å². The van der Waals surface area contributed by atoms with Gasteiger partial charge in [0.25, 0.3) is 0 Å². The Balaban J connectivity index is 1.53. The normalized spacial score (nSPS) is 16.7. The van der Waals surface area contributed by atoms with Gasteiger partial charge in [-0.15, -0.1) is 0 Å². The molecule has 0 aromatic heterocycles. The van der Waals surface area contributed by atoms with Gasteiger partial charge in [0.1, 0.15) is 11.5 Å². The van der Waals surface area contributed by atoms with Crippen LogP contribution in [0, 0.1) is 0 Å². The van der Waals surface area contributed by atoms with E-state index in [0.29, 0.717) is 0 Å². The van der Waals surface area contributed by atoms with Crippen molar-refractivity contribution in [1.82, 2.24) is 0 Å². The minimum Gasteiger partial charge on any atom is -0.497 e. The highest BCUT2D eigenvalue weighted by molar-refractivity contribution is 5.71. The van der Waals surface area contributed by atoms with Crippen LogP contribution in [0.15, 0.2) is 133 Å². The summed E-state index contributed by atoms with van der Waals surface area (Å²) in [7, 11) is 3.38. The predicted molar refractivity (Wildman–Crippen MR) is 148 cm³/mol. The summed E-state index contributed by atoms with van der Waals surface area (Å²) < 4.78 is 10.8. The maximum absolute atomic E-state index is 5.40. The zero-order valence-corrected chi connectivity index (χ0v) is 20.6. The Kier molecular flexibility index (Phi) is 6.76. The van der Waals surface area contributed by atoms with Crippen LogP contribution in [0.5, 0.6) is 11.5 Å². The van der Waals surface area contributed by atoms with Crippen molar-refractivity contribution in [2.45, 2.75) is 12.0 Å². The highest BCUT2D eigenvalue weighted by atomic mass is 16.5. The third kappa shape index (κ3) is 4.84. The topological polar surface area (TPSA) is 33.7 Å². The van der Waals surface area contributed by atoms with Crippen molar-refractivity contribution in [3.8, 4) is 11.5 Å². The SMILES string of the molecule is COc1ccc(N(C2=CCC(Nc3ccccc3)(c3ccc(OC)cc3)C=C2)c2ccccc2)cc1. The minimum atomic E-state index is -0.389. The summed E-state index contributed by atoms with van der Waals surface area (Å²) in [5.74, 6) is 1.69. The second-order valence-corrected chi connectivity index (χ2v) is 8.73. The lowest BCUT2D eigenvalue weighted by Gasteiger charge is -2.37. The molecule has 0 radical (unpaired) electrons. The van der Waals surface area contributed by atoms with Gasteiger partial charge in [-0.05, 0) is 78.7 Å². The molecule has 0 fully saturated rings. The van der Waals surface area contributed by atoms with Crippen molar-refractivity contribution in [1.29, 1.82) is 0 Å².